The average molecular weight is 461 g/mol. The van der Waals surface area contributed by atoms with Gasteiger partial charge in [-0.3, -0.25) is 9.59 Å². The summed E-state index contributed by atoms with van der Waals surface area (Å²) < 4.78 is 5.50. The predicted molar refractivity (Wildman–Crippen MR) is 136 cm³/mol. The van der Waals surface area contributed by atoms with Crippen molar-refractivity contribution >= 4 is 11.8 Å². The quantitative estimate of drug-likeness (QED) is 0.412. The van der Waals surface area contributed by atoms with Gasteiger partial charge in [-0.05, 0) is 61.1 Å². The van der Waals surface area contributed by atoms with E-state index in [1.165, 1.54) is 5.56 Å². The van der Waals surface area contributed by atoms with Crippen LogP contribution in [-0.4, -0.2) is 40.7 Å². The Labute approximate surface area is 203 Å². The van der Waals surface area contributed by atoms with Crippen LogP contribution in [0.2, 0.25) is 0 Å². The Morgan fingerprint density at radius 2 is 1.59 bits per heavy atom. The summed E-state index contributed by atoms with van der Waals surface area (Å²) in [6, 6.07) is 21.4. The zero-order valence-corrected chi connectivity index (χ0v) is 21.0. The third-order valence-electron chi connectivity index (χ3n) is 5.98. The average Bonchev–Trinajstić information content (AvgIpc) is 3.33. The lowest BCUT2D eigenvalue weighted by Gasteiger charge is -2.30. The SMILES string of the molecule is CC(C)N(CC(=O)N(CCc1ccccc1)Cc1ccco1)C(=O)c1ccc(C(C)(C)C)cc1. The molecule has 0 spiro atoms. The summed E-state index contributed by atoms with van der Waals surface area (Å²) in [5.41, 5.74) is 2.94. The van der Waals surface area contributed by atoms with E-state index in [1.54, 1.807) is 16.1 Å². The van der Waals surface area contributed by atoms with Gasteiger partial charge in [0.25, 0.3) is 5.91 Å². The highest BCUT2D eigenvalue weighted by molar-refractivity contribution is 5.96. The third kappa shape index (κ3) is 6.83. The summed E-state index contributed by atoms with van der Waals surface area (Å²) in [6.07, 6.45) is 2.34. The molecule has 0 saturated carbocycles. The van der Waals surface area contributed by atoms with E-state index in [1.807, 2.05) is 68.4 Å². The Kier molecular flexibility index (Phi) is 8.32. The van der Waals surface area contributed by atoms with Gasteiger partial charge in [0, 0.05) is 18.2 Å². The normalized spacial score (nSPS) is 11.5. The monoisotopic (exact) mass is 460 g/mol. The van der Waals surface area contributed by atoms with Crippen LogP contribution < -0.4 is 0 Å². The molecule has 34 heavy (non-hydrogen) atoms. The van der Waals surface area contributed by atoms with Crippen LogP contribution in [0, 0.1) is 0 Å². The number of hydrogen-bond donors (Lipinski definition) is 0. The van der Waals surface area contributed by atoms with Crippen molar-refractivity contribution in [2.45, 2.75) is 59.0 Å². The smallest absolute Gasteiger partial charge is 0.254 e. The van der Waals surface area contributed by atoms with Gasteiger partial charge in [0.2, 0.25) is 5.91 Å². The van der Waals surface area contributed by atoms with Gasteiger partial charge in [0.05, 0.1) is 12.8 Å². The van der Waals surface area contributed by atoms with Gasteiger partial charge in [-0.25, -0.2) is 0 Å². The lowest BCUT2D eigenvalue weighted by molar-refractivity contribution is -0.133. The minimum atomic E-state index is -0.134. The number of furan rings is 1. The molecule has 1 aromatic heterocycles. The van der Waals surface area contributed by atoms with Crippen molar-refractivity contribution < 1.29 is 14.0 Å². The van der Waals surface area contributed by atoms with Crippen molar-refractivity contribution in [1.29, 1.82) is 0 Å². The Bertz CT molecular complexity index is 1050. The molecule has 3 aromatic rings. The minimum Gasteiger partial charge on any atom is -0.467 e. The predicted octanol–water partition coefficient (Wildman–Crippen LogP) is 5.70. The standard InChI is InChI=1S/C29H36N2O3/c1-22(2)31(28(33)24-13-15-25(16-14-24)29(3,4)5)21-27(32)30(20-26-12-9-19-34-26)18-17-23-10-7-6-8-11-23/h6-16,19,22H,17-18,20-21H2,1-5H3. The Morgan fingerprint density at radius 3 is 2.15 bits per heavy atom. The zero-order valence-electron chi connectivity index (χ0n) is 21.0. The van der Waals surface area contributed by atoms with Crippen molar-refractivity contribution in [3.8, 4) is 0 Å². The highest BCUT2D eigenvalue weighted by Gasteiger charge is 2.25. The maximum Gasteiger partial charge on any atom is 0.254 e. The fourth-order valence-corrected chi connectivity index (χ4v) is 3.80. The van der Waals surface area contributed by atoms with Gasteiger partial charge in [-0.15, -0.1) is 0 Å². The van der Waals surface area contributed by atoms with Crippen molar-refractivity contribution in [1.82, 2.24) is 9.80 Å². The van der Waals surface area contributed by atoms with Crippen molar-refractivity contribution in [2.75, 3.05) is 13.1 Å². The van der Waals surface area contributed by atoms with Crippen LogP contribution >= 0.6 is 0 Å². The number of hydrogen-bond acceptors (Lipinski definition) is 3. The van der Waals surface area contributed by atoms with E-state index in [2.05, 4.69) is 32.9 Å². The topological polar surface area (TPSA) is 53.8 Å². The molecule has 0 aliphatic carbocycles. The molecule has 1 heterocycles. The Morgan fingerprint density at radius 1 is 0.912 bits per heavy atom. The summed E-state index contributed by atoms with van der Waals surface area (Å²) in [4.78, 5) is 30.2. The van der Waals surface area contributed by atoms with Crippen LogP contribution in [0.1, 0.15) is 61.9 Å². The largest absolute Gasteiger partial charge is 0.467 e. The highest BCUT2D eigenvalue weighted by atomic mass is 16.3. The molecule has 0 atom stereocenters. The second-order valence-corrected chi connectivity index (χ2v) is 9.98. The molecule has 180 valence electrons. The number of carbonyl (C=O) groups excluding carboxylic acids is 2. The fourth-order valence-electron chi connectivity index (χ4n) is 3.80. The molecule has 0 unspecified atom stereocenters. The zero-order chi connectivity index (χ0) is 24.7. The number of benzene rings is 2. The lowest BCUT2D eigenvalue weighted by atomic mass is 9.86. The first-order valence-corrected chi connectivity index (χ1v) is 11.9. The van der Waals surface area contributed by atoms with E-state index >= 15 is 0 Å². The van der Waals surface area contributed by atoms with Gasteiger partial charge >= 0.3 is 0 Å². The third-order valence-corrected chi connectivity index (χ3v) is 5.98. The molecular weight excluding hydrogens is 424 g/mol. The van der Waals surface area contributed by atoms with E-state index < -0.39 is 0 Å². The molecule has 5 heteroatoms. The van der Waals surface area contributed by atoms with E-state index in [9.17, 15) is 9.59 Å². The van der Waals surface area contributed by atoms with Gasteiger partial charge in [-0.2, -0.15) is 0 Å². The van der Waals surface area contributed by atoms with Crippen LogP contribution in [0.25, 0.3) is 0 Å². The van der Waals surface area contributed by atoms with Crippen LogP contribution in [0.3, 0.4) is 0 Å². The maximum absolute atomic E-state index is 13.4. The van der Waals surface area contributed by atoms with Crippen molar-refractivity contribution in [2.24, 2.45) is 0 Å². The first kappa shape index (κ1) is 25.3. The minimum absolute atomic E-state index is 0.0143. The van der Waals surface area contributed by atoms with Crippen LogP contribution in [0.5, 0.6) is 0 Å². The van der Waals surface area contributed by atoms with Crippen molar-refractivity contribution in [3.05, 3.63) is 95.4 Å². The molecule has 5 nitrogen and oxygen atoms in total. The molecule has 2 aromatic carbocycles. The molecule has 0 aliphatic rings. The molecule has 0 aliphatic heterocycles. The van der Waals surface area contributed by atoms with E-state index in [0.29, 0.717) is 18.7 Å². The summed E-state index contributed by atoms with van der Waals surface area (Å²) in [5, 5.41) is 0. The molecule has 3 rings (SSSR count). The Hall–Kier alpha value is -3.34. The lowest BCUT2D eigenvalue weighted by Crippen LogP contribution is -2.46. The summed E-state index contributed by atoms with van der Waals surface area (Å²) >= 11 is 0. The van der Waals surface area contributed by atoms with E-state index in [0.717, 1.165) is 17.7 Å². The fraction of sp³-hybridized carbons (Fsp3) is 0.379. The van der Waals surface area contributed by atoms with Gasteiger partial charge in [-0.1, -0.05) is 63.2 Å². The number of carbonyl (C=O) groups is 2. The Balaban J connectivity index is 1.75. The molecule has 0 N–H and O–H groups in total. The van der Waals surface area contributed by atoms with Gasteiger partial charge < -0.3 is 14.2 Å². The van der Waals surface area contributed by atoms with E-state index in [4.69, 9.17) is 4.42 Å². The first-order valence-electron chi connectivity index (χ1n) is 11.9. The maximum atomic E-state index is 13.4. The summed E-state index contributed by atoms with van der Waals surface area (Å²) in [5.74, 6) is 0.493. The van der Waals surface area contributed by atoms with Crippen LogP contribution in [0.15, 0.2) is 77.4 Å². The van der Waals surface area contributed by atoms with E-state index in [-0.39, 0.29) is 29.8 Å². The second-order valence-electron chi connectivity index (χ2n) is 9.98. The van der Waals surface area contributed by atoms with Gasteiger partial charge in [0.15, 0.2) is 0 Å². The molecule has 2 amide bonds. The summed E-state index contributed by atoms with van der Waals surface area (Å²) in [7, 11) is 0. The number of rotatable bonds is 9. The first-order chi connectivity index (χ1) is 16.1. The highest BCUT2D eigenvalue weighted by Crippen LogP contribution is 2.23. The molecule has 0 fully saturated rings. The van der Waals surface area contributed by atoms with Gasteiger partial charge in [0.1, 0.15) is 12.3 Å². The number of amides is 2. The van der Waals surface area contributed by atoms with Crippen LogP contribution in [0.4, 0.5) is 0 Å². The second kappa shape index (κ2) is 11.2. The van der Waals surface area contributed by atoms with Crippen molar-refractivity contribution in [3.63, 3.8) is 0 Å². The van der Waals surface area contributed by atoms with Crippen LogP contribution in [-0.2, 0) is 23.2 Å². The number of nitrogens with zero attached hydrogens (tertiary/aromatic N) is 2. The molecule has 0 radical (unpaired) electrons. The molecule has 0 bridgehead atoms. The molecular formula is C29H36N2O3. The summed E-state index contributed by atoms with van der Waals surface area (Å²) in [6.45, 7) is 11.3. The molecule has 0 saturated heterocycles.